The lowest BCUT2D eigenvalue weighted by Crippen LogP contribution is -2.23. The van der Waals surface area contributed by atoms with E-state index in [1.807, 2.05) is 18.2 Å². The number of imidazole rings is 1. The molecule has 0 saturated carbocycles. The molecule has 0 aliphatic heterocycles. The third-order valence-electron chi connectivity index (χ3n) is 3.66. The third-order valence-corrected chi connectivity index (χ3v) is 4.95. The van der Waals surface area contributed by atoms with Gasteiger partial charge in [-0.3, -0.25) is 0 Å². The van der Waals surface area contributed by atoms with Crippen molar-refractivity contribution in [3.05, 3.63) is 51.4 Å². The molecule has 2 aromatic heterocycles. The average Bonchev–Trinajstić information content (AvgIpc) is 3.03. The van der Waals surface area contributed by atoms with Gasteiger partial charge in [0.15, 0.2) is 0 Å². The highest BCUT2D eigenvalue weighted by atomic mass is 35.5. The summed E-state index contributed by atoms with van der Waals surface area (Å²) in [6, 6.07) is 12.5. The summed E-state index contributed by atoms with van der Waals surface area (Å²) in [5.41, 5.74) is 2.22. The van der Waals surface area contributed by atoms with E-state index < -0.39 is 0 Å². The number of nitrogens with one attached hydrogen (secondary N) is 1. The molecule has 1 N–H and O–H groups in total. The summed E-state index contributed by atoms with van der Waals surface area (Å²) in [6.45, 7) is 3.07. The second kappa shape index (κ2) is 6.18. The van der Waals surface area contributed by atoms with Gasteiger partial charge in [0.25, 0.3) is 0 Å². The summed E-state index contributed by atoms with van der Waals surface area (Å²) in [6.07, 6.45) is 0.992. The van der Waals surface area contributed by atoms with Gasteiger partial charge in [-0.25, -0.2) is 4.98 Å². The van der Waals surface area contributed by atoms with E-state index in [2.05, 4.69) is 42.1 Å². The number of hydrogen-bond acceptors (Lipinski definition) is 3. The molecule has 1 aromatic carbocycles. The Kier molecular flexibility index (Phi) is 4.29. The van der Waals surface area contributed by atoms with Crippen LogP contribution in [0.15, 0.2) is 36.4 Å². The van der Waals surface area contributed by atoms with Crippen LogP contribution in [0.1, 0.15) is 23.7 Å². The van der Waals surface area contributed by atoms with Crippen LogP contribution in [0, 0.1) is 0 Å². The average molecular weight is 320 g/mol. The Morgan fingerprint density at radius 1 is 1.29 bits per heavy atom. The SMILES string of the molecule is CC(NCCc1ccc(Cl)s1)c1nc2ccccc2n1C. The minimum Gasteiger partial charge on any atom is -0.330 e. The Morgan fingerprint density at radius 3 is 2.81 bits per heavy atom. The van der Waals surface area contributed by atoms with Crippen LogP contribution in [-0.2, 0) is 13.5 Å². The van der Waals surface area contributed by atoms with Crippen molar-refractivity contribution in [1.82, 2.24) is 14.9 Å². The van der Waals surface area contributed by atoms with E-state index in [9.17, 15) is 0 Å². The van der Waals surface area contributed by atoms with Gasteiger partial charge in [-0.1, -0.05) is 23.7 Å². The van der Waals surface area contributed by atoms with Gasteiger partial charge in [0, 0.05) is 18.5 Å². The molecular weight excluding hydrogens is 302 g/mol. The van der Waals surface area contributed by atoms with Crippen LogP contribution in [-0.4, -0.2) is 16.1 Å². The molecule has 21 heavy (non-hydrogen) atoms. The second-order valence-corrected chi connectivity index (χ2v) is 6.95. The molecule has 0 amide bonds. The number of aromatic nitrogens is 2. The van der Waals surface area contributed by atoms with Crippen LogP contribution in [0.5, 0.6) is 0 Å². The zero-order chi connectivity index (χ0) is 14.8. The van der Waals surface area contributed by atoms with Crippen molar-refractivity contribution < 1.29 is 0 Å². The van der Waals surface area contributed by atoms with Gasteiger partial charge in [-0.2, -0.15) is 0 Å². The highest BCUT2D eigenvalue weighted by molar-refractivity contribution is 7.16. The fraction of sp³-hybridized carbons (Fsp3) is 0.312. The Morgan fingerprint density at radius 2 is 2.10 bits per heavy atom. The molecule has 5 heteroatoms. The number of aryl methyl sites for hydroxylation is 1. The van der Waals surface area contributed by atoms with Crippen molar-refractivity contribution in [2.24, 2.45) is 7.05 Å². The Bertz CT molecular complexity index is 747. The predicted octanol–water partition coefficient (Wildman–Crippen LogP) is 4.18. The maximum Gasteiger partial charge on any atom is 0.126 e. The molecule has 0 radical (unpaired) electrons. The number of para-hydroxylation sites is 2. The lowest BCUT2D eigenvalue weighted by molar-refractivity contribution is 0.537. The number of hydrogen-bond donors (Lipinski definition) is 1. The molecule has 3 rings (SSSR count). The zero-order valence-corrected chi connectivity index (χ0v) is 13.7. The third kappa shape index (κ3) is 3.12. The summed E-state index contributed by atoms with van der Waals surface area (Å²) in [7, 11) is 2.07. The summed E-state index contributed by atoms with van der Waals surface area (Å²) in [5, 5.41) is 3.54. The highest BCUT2D eigenvalue weighted by Crippen LogP contribution is 2.22. The van der Waals surface area contributed by atoms with Crippen molar-refractivity contribution in [3.63, 3.8) is 0 Å². The highest BCUT2D eigenvalue weighted by Gasteiger charge is 2.13. The van der Waals surface area contributed by atoms with Crippen molar-refractivity contribution >= 4 is 34.0 Å². The number of nitrogens with zero attached hydrogens (tertiary/aromatic N) is 2. The molecule has 0 saturated heterocycles. The summed E-state index contributed by atoms with van der Waals surface area (Å²) in [5.74, 6) is 1.07. The van der Waals surface area contributed by atoms with Crippen LogP contribution in [0.3, 0.4) is 0 Å². The fourth-order valence-corrected chi connectivity index (χ4v) is 3.63. The fourth-order valence-electron chi connectivity index (χ4n) is 2.54. The Labute approximate surface area is 133 Å². The number of benzene rings is 1. The molecule has 110 valence electrons. The van der Waals surface area contributed by atoms with E-state index in [0.717, 1.165) is 28.6 Å². The van der Waals surface area contributed by atoms with Gasteiger partial charge < -0.3 is 9.88 Å². The monoisotopic (exact) mass is 319 g/mol. The molecule has 0 bridgehead atoms. The van der Waals surface area contributed by atoms with E-state index in [0.29, 0.717) is 0 Å². The minimum absolute atomic E-state index is 0.220. The van der Waals surface area contributed by atoms with Crippen LogP contribution >= 0.6 is 22.9 Å². The molecule has 3 nitrogen and oxygen atoms in total. The Hall–Kier alpha value is -1.36. The largest absolute Gasteiger partial charge is 0.330 e. The first-order valence-corrected chi connectivity index (χ1v) is 8.23. The molecular formula is C16H18ClN3S. The summed E-state index contributed by atoms with van der Waals surface area (Å²) < 4.78 is 3.02. The standard InChI is InChI=1S/C16H18ClN3S/c1-11(18-10-9-12-7-8-15(17)21-12)16-19-13-5-3-4-6-14(13)20(16)2/h3-8,11,18H,9-10H2,1-2H3. The number of thiophene rings is 1. The normalized spacial score (nSPS) is 12.9. The van der Waals surface area contributed by atoms with Gasteiger partial charge in [0.05, 0.1) is 21.4 Å². The number of halogens is 1. The van der Waals surface area contributed by atoms with Gasteiger partial charge in [0.2, 0.25) is 0 Å². The van der Waals surface area contributed by atoms with Gasteiger partial charge in [-0.05, 0) is 37.6 Å². The van der Waals surface area contributed by atoms with Crippen molar-refractivity contribution in [2.75, 3.05) is 6.54 Å². The lowest BCUT2D eigenvalue weighted by Gasteiger charge is -2.13. The molecule has 2 heterocycles. The molecule has 0 spiro atoms. The summed E-state index contributed by atoms with van der Waals surface area (Å²) in [4.78, 5) is 6.03. The smallest absolute Gasteiger partial charge is 0.126 e. The van der Waals surface area contributed by atoms with Crippen LogP contribution < -0.4 is 5.32 Å². The van der Waals surface area contributed by atoms with E-state index >= 15 is 0 Å². The first kappa shape index (κ1) is 14.6. The molecule has 0 aliphatic rings. The lowest BCUT2D eigenvalue weighted by atomic mass is 10.3. The number of fused-ring (bicyclic) bond motifs is 1. The molecule has 1 atom stereocenters. The first-order valence-electron chi connectivity index (χ1n) is 7.04. The van der Waals surface area contributed by atoms with Crippen molar-refractivity contribution in [2.45, 2.75) is 19.4 Å². The molecule has 1 unspecified atom stereocenters. The molecule has 0 fully saturated rings. The van der Waals surface area contributed by atoms with Crippen molar-refractivity contribution in [1.29, 1.82) is 0 Å². The topological polar surface area (TPSA) is 29.9 Å². The van der Waals surface area contributed by atoms with Crippen molar-refractivity contribution in [3.8, 4) is 0 Å². The minimum atomic E-state index is 0.220. The number of rotatable bonds is 5. The van der Waals surface area contributed by atoms with Gasteiger partial charge in [-0.15, -0.1) is 11.3 Å². The van der Waals surface area contributed by atoms with E-state index in [1.54, 1.807) is 11.3 Å². The first-order chi connectivity index (χ1) is 10.1. The van der Waals surface area contributed by atoms with Crippen LogP contribution in [0.2, 0.25) is 4.34 Å². The van der Waals surface area contributed by atoms with Gasteiger partial charge >= 0.3 is 0 Å². The van der Waals surface area contributed by atoms with Gasteiger partial charge in [0.1, 0.15) is 5.82 Å². The predicted molar refractivity (Wildman–Crippen MR) is 90.2 cm³/mol. The summed E-state index contributed by atoms with van der Waals surface area (Å²) >= 11 is 7.60. The maximum absolute atomic E-state index is 5.95. The van der Waals surface area contributed by atoms with E-state index in [-0.39, 0.29) is 6.04 Å². The molecule has 3 aromatic rings. The van der Waals surface area contributed by atoms with Crippen LogP contribution in [0.25, 0.3) is 11.0 Å². The van der Waals surface area contributed by atoms with E-state index in [1.165, 1.54) is 10.4 Å². The second-order valence-electron chi connectivity index (χ2n) is 5.15. The zero-order valence-electron chi connectivity index (χ0n) is 12.1. The van der Waals surface area contributed by atoms with E-state index in [4.69, 9.17) is 16.6 Å². The quantitative estimate of drug-likeness (QED) is 0.764. The maximum atomic E-state index is 5.95. The van der Waals surface area contributed by atoms with Crippen LogP contribution in [0.4, 0.5) is 0 Å². The molecule has 0 aliphatic carbocycles. The Balaban J connectivity index is 1.66.